The zero-order valence-corrected chi connectivity index (χ0v) is 7.73. The van der Waals surface area contributed by atoms with E-state index in [4.69, 9.17) is 5.53 Å². The first-order chi connectivity index (χ1) is 6.83. The molecular weight excluding hydrogens is 178 g/mol. The van der Waals surface area contributed by atoms with Crippen LogP contribution in [0, 0.1) is 6.92 Å². The second-order valence-electron chi connectivity index (χ2n) is 3.08. The van der Waals surface area contributed by atoms with Crippen LogP contribution in [0.4, 0.5) is 0 Å². The van der Waals surface area contributed by atoms with Crippen LogP contribution in [0.3, 0.4) is 0 Å². The number of aromatic amines is 1. The molecule has 14 heavy (non-hydrogen) atoms. The van der Waals surface area contributed by atoms with E-state index in [1.54, 1.807) is 6.20 Å². The van der Waals surface area contributed by atoms with Crippen molar-refractivity contribution < 1.29 is 0 Å². The lowest BCUT2D eigenvalue weighted by atomic mass is 10.1. The molecule has 0 atom stereocenters. The average Bonchev–Trinajstić information content (AvgIpc) is 2.64. The molecule has 1 aromatic heterocycles. The Labute approximate surface area is 80.4 Å². The molecule has 2 aromatic rings. The lowest BCUT2D eigenvalue weighted by Gasteiger charge is -2.02. The second-order valence-corrected chi connectivity index (χ2v) is 3.08. The van der Waals surface area contributed by atoms with Gasteiger partial charge in [0, 0.05) is 10.3 Å². The predicted molar refractivity (Wildman–Crippen MR) is 53.7 cm³/mol. The molecule has 1 heterocycles. The highest BCUT2D eigenvalue weighted by atomic mass is 15.1. The zero-order valence-electron chi connectivity index (χ0n) is 7.73. The fraction of sp³-hybridized carbons (Fsp3) is 0.222. The van der Waals surface area contributed by atoms with Crippen molar-refractivity contribution in [3.8, 4) is 0 Å². The van der Waals surface area contributed by atoms with Gasteiger partial charge in [-0.1, -0.05) is 11.2 Å². The number of rotatable bonds is 2. The van der Waals surface area contributed by atoms with Crippen LogP contribution in [0.5, 0.6) is 0 Å². The van der Waals surface area contributed by atoms with Crippen LogP contribution in [0.25, 0.3) is 21.3 Å². The number of azide groups is 1. The van der Waals surface area contributed by atoms with E-state index in [1.807, 2.05) is 19.1 Å². The summed E-state index contributed by atoms with van der Waals surface area (Å²) in [6.07, 6.45) is 1.75. The van der Waals surface area contributed by atoms with Gasteiger partial charge in [0.2, 0.25) is 0 Å². The summed E-state index contributed by atoms with van der Waals surface area (Å²) in [6, 6.07) is 3.96. The van der Waals surface area contributed by atoms with Crippen molar-refractivity contribution in [2.45, 2.75) is 13.5 Å². The number of aryl methyl sites for hydroxylation is 1. The molecule has 0 fully saturated rings. The molecular formula is C9H9N5. The van der Waals surface area contributed by atoms with Crippen molar-refractivity contribution in [2.24, 2.45) is 5.11 Å². The highest BCUT2D eigenvalue weighted by molar-refractivity contribution is 5.82. The number of benzene rings is 1. The molecule has 0 bridgehead atoms. The zero-order chi connectivity index (χ0) is 9.97. The summed E-state index contributed by atoms with van der Waals surface area (Å²) in [5, 5.41) is 11.4. The van der Waals surface area contributed by atoms with E-state index in [-0.39, 0.29) is 0 Å². The van der Waals surface area contributed by atoms with Gasteiger partial charge in [-0.15, -0.1) is 0 Å². The van der Waals surface area contributed by atoms with Gasteiger partial charge in [-0.25, -0.2) is 0 Å². The van der Waals surface area contributed by atoms with Crippen molar-refractivity contribution in [1.29, 1.82) is 0 Å². The quantitative estimate of drug-likeness (QED) is 0.438. The molecule has 1 N–H and O–H groups in total. The van der Waals surface area contributed by atoms with E-state index in [0.29, 0.717) is 6.54 Å². The minimum Gasteiger partial charge on any atom is -0.278 e. The fourth-order valence-corrected chi connectivity index (χ4v) is 1.50. The van der Waals surface area contributed by atoms with Gasteiger partial charge >= 0.3 is 0 Å². The van der Waals surface area contributed by atoms with Crippen LogP contribution in [-0.2, 0) is 6.54 Å². The van der Waals surface area contributed by atoms with Gasteiger partial charge in [0.25, 0.3) is 0 Å². The van der Waals surface area contributed by atoms with Crippen molar-refractivity contribution in [1.82, 2.24) is 10.2 Å². The summed E-state index contributed by atoms with van der Waals surface area (Å²) in [5.74, 6) is 0. The monoisotopic (exact) mass is 187 g/mol. The van der Waals surface area contributed by atoms with Gasteiger partial charge in [-0.05, 0) is 29.6 Å². The van der Waals surface area contributed by atoms with Crippen LogP contribution >= 0.6 is 0 Å². The summed E-state index contributed by atoms with van der Waals surface area (Å²) in [6.45, 7) is 2.37. The number of H-pyrrole nitrogens is 1. The standard InChI is InChI=1S/C9H9N5/c1-6-2-3-9-8(5-11-13-9)7(6)4-12-14-10/h2-3,5H,4H2,1H3,(H,11,13). The molecule has 5 heteroatoms. The molecule has 0 unspecified atom stereocenters. The van der Waals surface area contributed by atoms with E-state index in [9.17, 15) is 0 Å². The van der Waals surface area contributed by atoms with Crippen molar-refractivity contribution in [3.05, 3.63) is 39.9 Å². The van der Waals surface area contributed by atoms with Crippen LogP contribution in [0.1, 0.15) is 11.1 Å². The van der Waals surface area contributed by atoms with Gasteiger partial charge in [0.1, 0.15) is 0 Å². The number of nitrogens with one attached hydrogen (secondary N) is 1. The second kappa shape index (κ2) is 3.40. The van der Waals surface area contributed by atoms with Gasteiger partial charge < -0.3 is 0 Å². The van der Waals surface area contributed by atoms with Crippen LogP contribution in [0.15, 0.2) is 23.4 Å². The SMILES string of the molecule is Cc1ccc2[nH]ncc2c1CN=[N+]=[N-]. The fourth-order valence-electron chi connectivity index (χ4n) is 1.50. The molecule has 0 saturated heterocycles. The van der Waals surface area contributed by atoms with Crippen LogP contribution in [0.2, 0.25) is 0 Å². The van der Waals surface area contributed by atoms with Crippen molar-refractivity contribution in [3.63, 3.8) is 0 Å². The molecule has 0 aliphatic carbocycles. The lowest BCUT2D eigenvalue weighted by molar-refractivity contribution is 1.04. The van der Waals surface area contributed by atoms with Crippen LogP contribution in [-0.4, -0.2) is 10.2 Å². The van der Waals surface area contributed by atoms with E-state index in [2.05, 4.69) is 20.2 Å². The molecule has 0 spiro atoms. The van der Waals surface area contributed by atoms with Gasteiger partial charge in [0.15, 0.2) is 0 Å². The average molecular weight is 187 g/mol. The normalized spacial score (nSPS) is 10.1. The van der Waals surface area contributed by atoms with E-state index in [0.717, 1.165) is 22.0 Å². The Morgan fingerprint density at radius 2 is 2.43 bits per heavy atom. The topological polar surface area (TPSA) is 77.4 Å². The molecule has 0 aliphatic heterocycles. The Morgan fingerprint density at radius 3 is 3.21 bits per heavy atom. The van der Waals surface area contributed by atoms with E-state index in [1.165, 1.54) is 0 Å². The Hall–Kier alpha value is -2.00. The van der Waals surface area contributed by atoms with Gasteiger partial charge in [-0.2, -0.15) is 5.10 Å². The molecule has 5 nitrogen and oxygen atoms in total. The summed E-state index contributed by atoms with van der Waals surface area (Å²) in [4.78, 5) is 2.76. The summed E-state index contributed by atoms with van der Waals surface area (Å²) < 4.78 is 0. The number of hydrogen-bond acceptors (Lipinski definition) is 2. The molecule has 0 amide bonds. The smallest absolute Gasteiger partial charge is 0.0653 e. The van der Waals surface area contributed by atoms with Gasteiger partial charge in [-0.3, -0.25) is 5.10 Å². The van der Waals surface area contributed by atoms with Crippen molar-refractivity contribution in [2.75, 3.05) is 0 Å². The number of aromatic nitrogens is 2. The summed E-state index contributed by atoms with van der Waals surface area (Å²) in [7, 11) is 0. The lowest BCUT2D eigenvalue weighted by Crippen LogP contribution is -1.87. The Balaban J connectivity index is 2.63. The largest absolute Gasteiger partial charge is 0.278 e. The van der Waals surface area contributed by atoms with E-state index < -0.39 is 0 Å². The Bertz CT molecular complexity index is 507. The molecule has 0 saturated carbocycles. The third-order valence-corrected chi connectivity index (χ3v) is 2.26. The number of hydrogen-bond donors (Lipinski definition) is 1. The van der Waals surface area contributed by atoms with Crippen molar-refractivity contribution >= 4 is 10.9 Å². The molecule has 1 aromatic carbocycles. The molecule has 2 rings (SSSR count). The minimum absolute atomic E-state index is 0.374. The first-order valence-electron chi connectivity index (χ1n) is 4.25. The third kappa shape index (κ3) is 1.30. The highest BCUT2D eigenvalue weighted by Gasteiger charge is 2.04. The molecule has 0 aliphatic rings. The predicted octanol–water partition coefficient (Wildman–Crippen LogP) is 2.68. The van der Waals surface area contributed by atoms with Crippen LogP contribution < -0.4 is 0 Å². The molecule has 0 radical (unpaired) electrons. The first-order valence-corrected chi connectivity index (χ1v) is 4.25. The third-order valence-electron chi connectivity index (χ3n) is 2.26. The maximum Gasteiger partial charge on any atom is 0.0653 e. The first kappa shape index (κ1) is 8.59. The maximum absolute atomic E-state index is 8.28. The van der Waals surface area contributed by atoms with E-state index >= 15 is 0 Å². The Kier molecular flexibility index (Phi) is 2.08. The van der Waals surface area contributed by atoms with Gasteiger partial charge in [0.05, 0.1) is 18.3 Å². The summed E-state index contributed by atoms with van der Waals surface area (Å²) in [5.41, 5.74) is 11.4. The molecule has 70 valence electrons. The number of nitrogens with zero attached hydrogens (tertiary/aromatic N) is 4. The Morgan fingerprint density at radius 1 is 1.57 bits per heavy atom. The summed E-state index contributed by atoms with van der Waals surface area (Å²) >= 11 is 0. The highest BCUT2D eigenvalue weighted by Crippen LogP contribution is 2.20. The maximum atomic E-state index is 8.28. The number of fused-ring (bicyclic) bond motifs is 1. The minimum atomic E-state index is 0.374.